The van der Waals surface area contributed by atoms with E-state index in [1.165, 1.54) is 25.2 Å². The summed E-state index contributed by atoms with van der Waals surface area (Å²) in [7, 11) is 0. The van der Waals surface area contributed by atoms with Crippen molar-refractivity contribution in [3.8, 4) is 0 Å². The summed E-state index contributed by atoms with van der Waals surface area (Å²) < 4.78 is 63.1. The van der Waals surface area contributed by atoms with Crippen molar-refractivity contribution in [3.63, 3.8) is 0 Å². The summed E-state index contributed by atoms with van der Waals surface area (Å²) in [6.07, 6.45) is 1.06. The summed E-state index contributed by atoms with van der Waals surface area (Å²) >= 11 is 0.320. The van der Waals surface area contributed by atoms with Crippen molar-refractivity contribution < 1.29 is 56.5 Å². The Labute approximate surface area is 282 Å². The van der Waals surface area contributed by atoms with E-state index in [0.717, 1.165) is 6.08 Å². The van der Waals surface area contributed by atoms with Crippen molar-refractivity contribution in [1.29, 1.82) is 0 Å². The fourth-order valence-corrected chi connectivity index (χ4v) is 9.46. The van der Waals surface area contributed by atoms with E-state index in [4.69, 9.17) is 14.2 Å². The summed E-state index contributed by atoms with van der Waals surface area (Å²) in [6.45, 7) is 7.81. The first-order valence-electron chi connectivity index (χ1n) is 16.1. The number of alkyl halides is 3. The molecule has 0 unspecified atom stereocenters. The molecule has 0 spiro atoms. The fraction of sp³-hybridized carbons (Fsp3) is 0.676. The number of aliphatic hydroxyl groups excluding tert-OH is 1. The third-order valence-corrected chi connectivity index (χ3v) is 11.6. The van der Waals surface area contributed by atoms with Crippen molar-refractivity contribution in [2.45, 2.75) is 89.3 Å². The highest BCUT2D eigenvalue weighted by Gasteiger charge is 2.78. The van der Waals surface area contributed by atoms with Gasteiger partial charge in [0.25, 0.3) is 0 Å². The number of esters is 2. The molecule has 9 atom stereocenters. The lowest BCUT2D eigenvalue weighted by Gasteiger charge is -2.63. The van der Waals surface area contributed by atoms with Gasteiger partial charge in [0.05, 0.1) is 19.1 Å². The molecule has 14 heteroatoms. The molecule has 0 aromatic rings. The van der Waals surface area contributed by atoms with Crippen molar-refractivity contribution in [1.82, 2.24) is 5.32 Å². The maximum atomic E-state index is 17.5. The van der Waals surface area contributed by atoms with Gasteiger partial charge in [-0.2, -0.15) is 0 Å². The monoisotopic (exact) mass is 699 g/mol. The zero-order valence-corrected chi connectivity index (χ0v) is 28.3. The Kier molecular flexibility index (Phi) is 11.7. The molecule has 4 rings (SSSR count). The minimum Gasteiger partial charge on any atom is -0.461 e. The number of aliphatic hydroxyl groups is 1. The first-order chi connectivity index (χ1) is 22.6. The second-order valence-corrected chi connectivity index (χ2v) is 14.4. The number of carbonyl (C=O) groups is 5. The van der Waals surface area contributed by atoms with E-state index in [-0.39, 0.29) is 76.4 Å². The number of halogens is 3. The predicted molar refractivity (Wildman–Crippen MR) is 169 cm³/mol. The number of hydrogen-bond donors (Lipinski definition) is 2. The molecule has 10 nitrogen and oxygen atoms in total. The molecule has 1 amide bonds. The molecule has 0 aromatic carbocycles. The maximum Gasteiger partial charge on any atom is 0.309 e. The number of ketones is 1. The quantitative estimate of drug-likeness (QED) is 0.116. The Bertz CT molecular complexity index is 1370. The molecule has 3 saturated carbocycles. The average Bonchev–Trinajstić information content (AvgIpc) is 3.24. The molecule has 4 aliphatic rings. The SMILES string of the molecule is C=CCOC(=O)CCCC(=O)NCOCCC(=O)O[C@]1(C(=O)SCF)[C@H](C)C[C@H]2[C@@H]3C[C@H](F)C4=CC(=O)C=C[C@]4(C)[C@@]3(F)[C@@H](O)C[C@@]21C. The average molecular weight is 700 g/mol. The van der Waals surface area contributed by atoms with E-state index in [1.54, 1.807) is 13.8 Å². The Balaban J connectivity index is 1.45. The second-order valence-electron chi connectivity index (χ2n) is 13.5. The summed E-state index contributed by atoms with van der Waals surface area (Å²) in [5.74, 6) is -4.75. The smallest absolute Gasteiger partial charge is 0.309 e. The van der Waals surface area contributed by atoms with E-state index in [0.29, 0.717) is 11.8 Å². The van der Waals surface area contributed by atoms with Crippen molar-refractivity contribution in [3.05, 3.63) is 36.5 Å². The van der Waals surface area contributed by atoms with Gasteiger partial charge in [0.1, 0.15) is 25.5 Å². The van der Waals surface area contributed by atoms with Gasteiger partial charge in [-0.05, 0) is 68.0 Å². The second kappa shape index (κ2) is 14.9. The number of hydrogen-bond acceptors (Lipinski definition) is 10. The van der Waals surface area contributed by atoms with Crippen LogP contribution in [0, 0.1) is 28.6 Å². The van der Waals surface area contributed by atoms with Crippen molar-refractivity contribution in [2.75, 3.05) is 26.0 Å². The lowest BCUT2D eigenvalue weighted by molar-refractivity contribution is -0.229. The van der Waals surface area contributed by atoms with Gasteiger partial charge in [0.15, 0.2) is 17.1 Å². The van der Waals surface area contributed by atoms with Gasteiger partial charge in [-0.3, -0.25) is 24.0 Å². The van der Waals surface area contributed by atoms with E-state index >= 15 is 8.78 Å². The molecule has 0 aromatic heterocycles. The highest BCUT2D eigenvalue weighted by atomic mass is 32.2. The Hall–Kier alpha value is -2.97. The van der Waals surface area contributed by atoms with Crippen LogP contribution in [0.2, 0.25) is 0 Å². The summed E-state index contributed by atoms with van der Waals surface area (Å²) in [5.41, 5.74) is -7.41. The summed E-state index contributed by atoms with van der Waals surface area (Å²) in [6, 6.07) is -1.11. The van der Waals surface area contributed by atoms with E-state index in [9.17, 15) is 33.5 Å². The lowest BCUT2D eigenvalue weighted by atomic mass is 9.44. The topological polar surface area (TPSA) is 145 Å². The van der Waals surface area contributed by atoms with E-state index in [1.807, 2.05) is 0 Å². The Morgan fingerprint density at radius 1 is 1.15 bits per heavy atom. The molecule has 2 N–H and O–H groups in total. The molecule has 0 bridgehead atoms. The normalized spacial score (nSPS) is 36.6. The van der Waals surface area contributed by atoms with Crippen LogP contribution in [0.1, 0.15) is 65.7 Å². The predicted octanol–water partition coefficient (Wildman–Crippen LogP) is 4.40. The summed E-state index contributed by atoms with van der Waals surface area (Å²) in [4.78, 5) is 62.6. The minimum atomic E-state index is -2.40. The van der Waals surface area contributed by atoms with Crippen LogP contribution in [0.5, 0.6) is 0 Å². The third-order valence-electron chi connectivity index (χ3n) is 10.9. The summed E-state index contributed by atoms with van der Waals surface area (Å²) in [5, 5.41) is 13.3. The van der Waals surface area contributed by atoms with Crippen LogP contribution in [0.25, 0.3) is 0 Å². The van der Waals surface area contributed by atoms with Crippen molar-refractivity contribution >= 4 is 40.5 Å². The highest BCUT2D eigenvalue weighted by molar-refractivity contribution is 8.13. The highest BCUT2D eigenvalue weighted by Crippen LogP contribution is 2.72. The van der Waals surface area contributed by atoms with Gasteiger partial charge in [0.2, 0.25) is 11.0 Å². The van der Waals surface area contributed by atoms with Crippen LogP contribution in [0.15, 0.2) is 36.5 Å². The zero-order chi connectivity index (χ0) is 35.5. The fourth-order valence-electron chi connectivity index (χ4n) is 8.67. The molecule has 0 radical (unpaired) electrons. The largest absolute Gasteiger partial charge is 0.461 e. The first kappa shape index (κ1) is 37.8. The molecular weight excluding hydrogens is 655 g/mol. The van der Waals surface area contributed by atoms with Crippen LogP contribution in [0.3, 0.4) is 0 Å². The van der Waals surface area contributed by atoms with Crippen LogP contribution in [-0.2, 0) is 38.2 Å². The molecule has 0 saturated heterocycles. The molecule has 3 fully saturated rings. The van der Waals surface area contributed by atoms with Gasteiger partial charge in [0, 0.05) is 35.5 Å². The molecule has 48 heavy (non-hydrogen) atoms. The number of nitrogens with one attached hydrogen (secondary N) is 1. The van der Waals surface area contributed by atoms with Crippen LogP contribution in [0.4, 0.5) is 13.2 Å². The Morgan fingerprint density at radius 2 is 1.88 bits per heavy atom. The third kappa shape index (κ3) is 6.51. The van der Waals surface area contributed by atoms with Crippen LogP contribution in [-0.4, -0.2) is 83.3 Å². The number of amides is 1. The van der Waals surface area contributed by atoms with Gasteiger partial charge in [-0.15, -0.1) is 0 Å². The standard InChI is InChI=1S/C34H44F3NO9S/c1-5-12-46-28(42)8-6-7-27(41)38-19-45-13-10-29(43)47-34(30(44)48-18-35)20(2)14-22-23-16-25(36)24-15-21(39)9-11-31(24,3)33(23,37)26(40)17-32(22,34)4/h5,9,11,15,20,22-23,25-26,40H,1,6-8,10,12-14,16-19H2,2-4H3,(H,38,41)/t20-,22+,23+,25+,26+,31+,32+,33+,34+/m1/s1. The minimum absolute atomic E-state index is 0.0376. The van der Waals surface area contributed by atoms with E-state index < -0.39 is 81.0 Å². The van der Waals surface area contributed by atoms with Crippen LogP contribution < -0.4 is 5.32 Å². The number of allylic oxidation sites excluding steroid dienone is 4. The van der Waals surface area contributed by atoms with E-state index in [2.05, 4.69) is 11.9 Å². The number of thioether (sulfide) groups is 1. The van der Waals surface area contributed by atoms with Gasteiger partial charge in [-0.1, -0.05) is 32.6 Å². The maximum absolute atomic E-state index is 17.5. The van der Waals surface area contributed by atoms with Gasteiger partial charge >= 0.3 is 11.9 Å². The number of ether oxygens (including phenoxy) is 3. The van der Waals surface area contributed by atoms with Gasteiger partial charge in [-0.25, -0.2) is 13.2 Å². The van der Waals surface area contributed by atoms with Crippen molar-refractivity contribution in [2.24, 2.45) is 28.6 Å². The molecule has 266 valence electrons. The zero-order valence-electron chi connectivity index (χ0n) is 27.4. The molecule has 0 heterocycles. The first-order valence-corrected chi connectivity index (χ1v) is 17.1. The number of rotatable bonds is 14. The number of fused-ring (bicyclic) bond motifs is 5. The van der Waals surface area contributed by atoms with Gasteiger partial charge < -0.3 is 24.6 Å². The number of carbonyl (C=O) groups excluding carboxylic acids is 5. The Morgan fingerprint density at radius 3 is 2.56 bits per heavy atom. The van der Waals surface area contributed by atoms with Crippen LogP contribution >= 0.6 is 11.8 Å². The molecule has 4 aliphatic carbocycles. The lowest BCUT2D eigenvalue weighted by Crippen LogP contribution is -2.70. The molecule has 0 aliphatic heterocycles. The molecular formula is C34H44F3NO9S.